The van der Waals surface area contributed by atoms with Gasteiger partial charge in [-0.05, 0) is 49.7 Å². The lowest BCUT2D eigenvalue weighted by Crippen LogP contribution is -2.24. The van der Waals surface area contributed by atoms with Gasteiger partial charge in [0.05, 0.1) is 31.5 Å². The fourth-order valence-corrected chi connectivity index (χ4v) is 4.46. The summed E-state index contributed by atoms with van der Waals surface area (Å²) in [7, 11) is 1.56. The number of benzene rings is 2. The second-order valence-corrected chi connectivity index (χ2v) is 8.22. The van der Waals surface area contributed by atoms with E-state index in [1.54, 1.807) is 24.1 Å². The third-order valence-corrected chi connectivity index (χ3v) is 6.07. The van der Waals surface area contributed by atoms with Gasteiger partial charge in [-0.3, -0.25) is 9.59 Å². The Bertz CT molecular complexity index is 1110. The molecule has 0 unspecified atom stereocenters. The van der Waals surface area contributed by atoms with Crippen LogP contribution in [-0.2, 0) is 16.0 Å². The summed E-state index contributed by atoms with van der Waals surface area (Å²) >= 11 is 1.50. The van der Waals surface area contributed by atoms with E-state index in [0.717, 1.165) is 28.4 Å². The molecule has 1 aromatic heterocycles. The maximum Gasteiger partial charge on any atom is 0.230 e. The predicted molar refractivity (Wildman–Crippen MR) is 126 cm³/mol. The van der Waals surface area contributed by atoms with Crippen molar-refractivity contribution in [2.45, 2.75) is 26.2 Å². The normalized spacial score (nSPS) is 13.3. The van der Waals surface area contributed by atoms with Crippen LogP contribution in [0.15, 0.2) is 47.8 Å². The van der Waals surface area contributed by atoms with Gasteiger partial charge in [0.25, 0.3) is 0 Å². The fraction of sp³-hybridized carbons (Fsp3) is 0.292. The lowest BCUT2D eigenvalue weighted by atomic mass is 10.2. The molecule has 1 aliphatic heterocycles. The van der Waals surface area contributed by atoms with Crippen LogP contribution < -0.4 is 19.7 Å². The number of methoxy groups -OCH3 is 1. The van der Waals surface area contributed by atoms with Gasteiger partial charge in [0.15, 0.2) is 0 Å². The predicted octanol–water partition coefficient (Wildman–Crippen LogP) is 4.53. The van der Waals surface area contributed by atoms with Crippen molar-refractivity contribution >= 4 is 34.5 Å². The second-order valence-electron chi connectivity index (χ2n) is 7.36. The van der Waals surface area contributed by atoms with Crippen molar-refractivity contribution in [2.75, 3.05) is 30.5 Å². The lowest BCUT2D eigenvalue weighted by Gasteiger charge is -2.19. The molecule has 0 spiro atoms. The standard InChI is InChI=1S/C24H25N3O4S/c1-3-31-19-9-6-16(7-10-19)24-26-18(15-32-24)14-22(28)25-17-8-11-20(21(13-17)30-2)27-12-4-5-23(27)29/h6-11,13,15H,3-5,12,14H2,1-2H3,(H,25,28). The van der Waals surface area contributed by atoms with Crippen molar-refractivity contribution in [3.05, 3.63) is 53.5 Å². The van der Waals surface area contributed by atoms with Gasteiger partial charge in [0, 0.05) is 35.7 Å². The molecule has 32 heavy (non-hydrogen) atoms. The monoisotopic (exact) mass is 451 g/mol. The Morgan fingerprint density at radius 2 is 2.03 bits per heavy atom. The topological polar surface area (TPSA) is 80.8 Å². The molecular formula is C24H25N3O4S. The average Bonchev–Trinajstić information content (AvgIpc) is 3.43. The zero-order valence-corrected chi connectivity index (χ0v) is 18.9. The number of nitrogens with zero attached hydrogens (tertiary/aromatic N) is 2. The zero-order valence-electron chi connectivity index (χ0n) is 18.1. The first-order valence-electron chi connectivity index (χ1n) is 10.5. The summed E-state index contributed by atoms with van der Waals surface area (Å²) < 4.78 is 10.9. The van der Waals surface area contributed by atoms with E-state index in [1.165, 1.54) is 11.3 Å². The molecule has 0 aliphatic carbocycles. The smallest absolute Gasteiger partial charge is 0.230 e. The molecule has 2 heterocycles. The van der Waals surface area contributed by atoms with E-state index in [-0.39, 0.29) is 18.2 Å². The quantitative estimate of drug-likeness (QED) is 0.544. The molecule has 0 radical (unpaired) electrons. The molecular weight excluding hydrogens is 426 g/mol. The maximum atomic E-state index is 12.6. The summed E-state index contributed by atoms with van der Waals surface area (Å²) in [4.78, 5) is 30.9. The van der Waals surface area contributed by atoms with Gasteiger partial charge in [0.2, 0.25) is 11.8 Å². The highest BCUT2D eigenvalue weighted by Gasteiger charge is 2.24. The van der Waals surface area contributed by atoms with Crippen LogP contribution in [0.1, 0.15) is 25.5 Å². The number of hydrogen-bond acceptors (Lipinski definition) is 6. The summed E-state index contributed by atoms with van der Waals surface area (Å²) in [5.41, 5.74) is 3.04. The van der Waals surface area contributed by atoms with Crippen LogP contribution in [0.5, 0.6) is 11.5 Å². The van der Waals surface area contributed by atoms with Crippen molar-refractivity contribution in [2.24, 2.45) is 0 Å². The van der Waals surface area contributed by atoms with Gasteiger partial charge < -0.3 is 19.7 Å². The van der Waals surface area contributed by atoms with Gasteiger partial charge >= 0.3 is 0 Å². The van der Waals surface area contributed by atoms with Gasteiger partial charge in [0.1, 0.15) is 16.5 Å². The number of carbonyl (C=O) groups excluding carboxylic acids is 2. The Kier molecular flexibility index (Phi) is 6.70. The van der Waals surface area contributed by atoms with Crippen molar-refractivity contribution in [3.63, 3.8) is 0 Å². The highest BCUT2D eigenvalue weighted by molar-refractivity contribution is 7.13. The van der Waals surface area contributed by atoms with Crippen LogP contribution in [0.2, 0.25) is 0 Å². The SMILES string of the molecule is CCOc1ccc(-c2nc(CC(=O)Nc3ccc(N4CCCC4=O)c(OC)c3)cs2)cc1. The molecule has 2 aromatic carbocycles. The molecule has 3 aromatic rings. The number of carbonyl (C=O) groups is 2. The second kappa shape index (κ2) is 9.82. The number of ether oxygens (including phenoxy) is 2. The summed E-state index contributed by atoms with van der Waals surface area (Å²) in [5, 5.41) is 5.65. The van der Waals surface area contributed by atoms with E-state index in [2.05, 4.69) is 10.3 Å². The highest BCUT2D eigenvalue weighted by atomic mass is 32.1. The third-order valence-electron chi connectivity index (χ3n) is 5.13. The Labute approximate surface area is 191 Å². The van der Waals surface area contributed by atoms with Crippen LogP contribution in [0.3, 0.4) is 0 Å². The zero-order chi connectivity index (χ0) is 22.5. The number of nitrogens with one attached hydrogen (secondary N) is 1. The van der Waals surface area contributed by atoms with E-state index in [0.29, 0.717) is 36.7 Å². The third kappa shape index (κ3) is 4.91. The minimum atomic E-state index is -0.166. The fourth-order valence-electron chi connectivity index (χ4n) is 3.63. The van der Waals surface area contributed by atoms with E-state index >= 15 is 0 Å². The number of aromatic nitrogens is 1. The van der Waals surface area contributed by atoms with Gasteiger partial charge in [-0.1, -0.05) is 0 Å². The van der Waals surface area contributed by atoms with Crippen LogP contribution in [0.25, 0.3) is 10.6 Å². The Morgan fingerprint density at radius 1 is 1.22 bits per heavy atom. The molecule has 2 amide bonds. The van der Waals surface area contributed by atoms with Crippen molar-refractivity contribution in [1.82, 2.24) is 4.98 Å². The molecule has 0 saturated carbocycles. The number of thiazole rings is 1. The number of hydrogen-bond donors (Lipinski definition) is 1. The molecule has 4 rings (SSSR count). The number of anilines is 2. The van der Waals surface area contributed by atoms with E-state index in [4.69, 9.17) is 9.47 Å². The van der Waals surface area contributed by atoms with E-state index in [9.17, 15) is 9.59 Å². The average molecular weight is 452 g/mol. The first-order valence-corrected chi connectivity index (χ1v) is 11.4. The lowest BCUT2D eigenvalue weighted by molar-refractivity contribution is -0.117. The molecule has 0 atom stereocenters. The molecule has 1 N–H and O–H groups in total. The van der Waals surface area contributed by atoms with Crippen molar-refractivity contribution in [3.8, 4) is 22.1 Å². The Morgan fingerprint density at radius 3 is 2.72 bits per heavy atom. The first-order chi connectivity index (χ1) is 15.6. The van der Waals surface area contributed by atoms with E-state index < -0.39 is 0 Å². The van der Waals surface area contributed by atoms with Crippen LogP contribution in [0.4, 0.5) is 11.4 Å². The maximum absolute atomic E-state index is 12.6. The number of rotatable bonds is 8. The van der Waals surface area contributed by atoms with E-state index in [1.807, 2.05) is 42.6 Å². The minimum absolute atomic E-state index is 0.0898. The van der Waals surface area contributed by atoms with Crippen LogP contribution in [-0.4, -0.2) is 37.1 Å². The summed E-state index contributed by atoms with van der Waals surface area (Å²) in [5.74, 6) is 1.31. The molecule has 1 aliphatic rings. The molecule has 0 bridgehead atoms. The van der Waals surface area contributed by atoms with Crippen LogP contribution in [0, 0.1) is 0 Å². The van der Waals surface area contributed by atoms with Gasteiger partial charge in [-0.25, -0.2) is 4.98 Å². The molecule has 7 nitrogen and oxygen atoms in total. The molecule has 166 valence electrons. The highest BCUT2D eigenvalue weighted by Crippen LogP contribution is 2.34. The van der Waals surface area contributed by atoms with Crippen LogP contribution >= 0.6 is 11.3 Å². The van der Waals surface area contributed by atoms with Crippen molar-refractivity contribution in [1.29, 1.82) is 0 Å². The Hall–Kier alpha value is -3.39. The van der Waals surface area contributed by atoms with Crippen molar-refractivity contribution < 1.29 is 19.1 Å². The molecule has 1 saturated heterocycles. The van der Waals surface area contributed by atoms with Gasteiger partial charge in [-0.2, -0.15) is 0 Å². The summed E-state index contributed by atoms with van der Waals surface area (Å²) in [6.07, 6.45) is 1.56. The summed E-state index contributed by atoms with van der Waals surface area (Å²) in [6, 6.07) is 13.1. The first kappa shape index (κ1) is 21.8. The summed E-state index contributed by atoms with van der Waals surface area (Å²) in [6.45, 7) is 3.26. The minimum Gasteiger partial charge on any atom is -0.494 e. The Balaban J connectivity index is 1.40. The molecule has 8 heteroatoms. The largest absolute Gasteiger partial charge is 0.494 e. The van der Waals surface area contributed by atoms with Gasteiger partial charge in [-0.15, -0.1) is 11.3 Å². The number of amides is 2. The molecule has 1 fully saturated rings.